The molecule has 0 bridgehead atoms. The predicted molar refractivity (Wildman–Crippen MR) is 81.9 cm³/mol. The van der Waals surface area contributed by atoms with E-state index in [1.54, 1.807) is 6.20 Å². The van der Waals surface area contributed by atoms with Gasteiger partial charge in [0.25, 0.3) is 0 Å². The molecule has 0 saturated heterocycles. The summed E-state index contributed by atoms with van der Waals surface area (Å²) in [6.45, 7) is 8.06. The van der Waals surface area contributed by atoms with Crippen LogP contribution in [0.3, 0.4) is 0 Å². The highest BCUT2D eigenvalue weighted by atomic mass is 15.3. The molecule has 0 aliphatic heterocycles. The first kappa shape index (κ1) is 14.9. The van der Waals surface area contributed by atoms with Crippen LogP contribution in [-0.4, -0.2) is 38.0 Å². The Morgan fingerprint density at radius 3 is 2.57 bits per heavy atom. The predicted octanol–water partition coefficient (Wildman–Crippen LogP) is 1.01. The molecule has 0 spiro atoms. The zero-order chi connectivity index (χ0) is 15.2. The van der Waals surface area contributed by atoms with Gasteiger partial charge in [-0.05, 0) is 26.8 Å². The molecule has 0 radical (unpaired) electrons. The fraction of sp³-hybridized carbons (Fsp3) is 0.462. The van der Waals surface area contributed by atoms with Gasteiger partial charge in [0.1, 0.15) is 5.82 Å². The lowest BCUT2D eigenvalue weighted by Crippen LogP contribution is -2.25. The number of nitrogens with zero attached hydrogens (tertiary/aromatic N) is 6. The molecule has 112 valence electrons. The third-order valence-corrected chi connectivity index (χ3v) is 2.95. The SMILES string of the molecule is CCN(CC)c1nc(N)nc(NCc2ccnc(C)n2)n1. The summed E-state index contributed by atoms with van der Waals surface area (Å²) in [4.78, 5) is 23.0. The summed E-state index contributed by atoms with van der Waals surface area (Å²) in [6.07, 6.45) is 1.72. The van der Waals surface area contributed by atoms with E-state index in [9.17, 15) is 0 Å². The zero-order valence-corrected chi connectivity index (χ0v) is 12.5. The van der Waals surface area contributed by atoms with E-state index in [2.05, 4.69) is 30.2 Å². The van der Waals surface area contributed by atoms with Crippen molar-refractivity contribution in [1.29, 1.82) is 0 Å². The van der Waals surface area contributed by atoms with Gasteiger partial charge in [-0.2, -0.15) is 15.0 Å². The molecule has 3 N–H and O–H groups in total. The molecule has 2 heterocycles. The Morgan fingerprint density at radius 2 is 1.90 bits per heavy atom. The van der Waals surface area contributed by atoms with E-state index in [-0.39, 0.29) is 5.95 Å². The van der Waals surface area contributed by atoms with Crippen molar-refractivity contribution in [2.45, 2.75) is 27.3 Å². The maximum Gasteiger partial charge on any atom is 0.231 e. The summed E-state index contributed by atoms with van der Waals surface area (Å²) in [7, 11) is 0. The van der Waals surface area contributed by atoms with Crippen molar-refractivity contribution < 1.29 is 0 Å². The fourth-order valence-corrected chi connectivity index (χ4v) is 1.88. The van der Waals surface area contributed by atoms with Gasteiger partial charge < -0.3 is 16.0 Å². The lowest BCUT2D eigenvalue weighted by Gasteiger charge is -2.19. The minimum absolute atomic E-state index is 0.202. The van der Waals surface area contributed by atoms with Crippen molar-refractivity contribution in [3.8, 4) is 0 Å². The minimum atomic E-state index is 0.202. The Labute approximate surface area is 123 Å². The third kappa shape index (κ3) is 3.98. The quantitative estimate of drug-likeness (QED) is 0.811. The van der Waals surface area contributed by atoms with Crippen molar-refractivity contribution in [2.24, 2.45) is 0 Å². The molecule has 8 nitrogen and oxygen atoms in total. The Kier molecular flexibility index (Phi) is 4.81. The molecule has 8 heteroatoms. The van der Waals surface area contributed by atoms with Gasteiger partial charge in [-0.15, -0.1) is 0 Å². The fourth-order valence-electron chi connectivity index (χ4n) is 1.88. The third-order valence-electron chi connectivity index (χ3n) is 2.95. The summed E-state index contributed by atoms with van der Waals surface area (Å²) in [5, 5.41) is 3.11. The molecule has 0 aromatic carbocycles. The van der Waals surface area contributed by atoms with Gasteiger partial charge in [0.05, 0.1) is 12.2 Å². The lowest BCUT2D eigenvalue weighted by atomic mass is 10.4. The Bertz CT molecular complexity index is 596. The topological polar surface area (TPSA) is 106 Å². The molecule has 0 aliphatic rings. The van der Waals surface area contributed by atoms with Gasteiger partial charge in [-0.3, -0.25) is 0 Å². The maximum absolute atomic E-state index is 5.75. The van der Waals surface area contributed by atoms with Crippen molar-refractivity contribution in [1.82, 2.24) is 24.9 Å². The summed E-state index contributed by atoms with van der Waals surface area (Å²) >= 11 is 0. The van der Waals surface area contributed by atoms with Gasteiger partial charge in [0, 0.05) is 19.3 Å². The van der Waals surface area contributed by atoms with Gasteiger partial charge in [0.2, 0.25) is 17.8 Å². The van der Waals surface area contributed by atoms with Crippen LogP contribution in [0.15, 0.2) is 12.3 Å². The van der Waals surface area contributed by atoms with E-state index >= 15 is 0 Å². The largest absolute Gasteiger partial charge is 0.368 e. The van der Waals surface area contributed by atoms with Gasteiger partial charge in [0.15, 0.2) is 0 Å². The average Bonchev–Trinajstić information content (AvgIpc) is 2.46. The molecule has 0 unspecified atom stereocenters. The molecular formula is C13H20N8. The van der Waals surface area contributed by atoms with Gasteiger partial charge in [-0.25, -0.2) is 9.97 Å². The van der Waals surface area contributed by atoms with Gasteiger partial charge in [-0.1, -0.05) is 0 Å². The number of nitrogens with one attached hydrogen (secondary N) is 1. The van der Waals surface area contributed by atoms with E-state index in [1.807, 2.05) is 31.7 Å². The van der Waals surface area contributed by atoms with Crippen LogP contribution in [0.2, 0.25) is 0 Å². The number of hydrogen-bond donors (Lipinski definition) is 2. The molecule has 0 fully saturated rings. The van der Waals surface area contributed by atoms with Crippen LogP contribution in [0.25, 0.3) is 0 Å². The minimum Gasteiger partial charge on any atom is -0.368 e. The molecular weight excluding hydrogens is 268 g/mol. The van der Waals surface area contributed by atoms with Crippen LogP contribution < -0.4 is 16.0 Å². The Morgan fingerprint density at radius 1 is 1.14 bits per heavy atom. The standard InChI is InChI=1S/C13H20N8/c1-4-21(5-2)13-19-11(14)18-12(20-13)16-8-10-6-7-15-9(3)17-10/h6-7H,4-5,8H2,1-3H3,(H3,14,16,18,19,20). The molecule has 0 saturated carbocycles. The van der Waals surface area contributed by atoms with Crippen LogP contribution in [0, 0.1) is 6.92 Å². The second-order valence-corrected chi connectivity index (χ2v) is 4.44. The van der Waals surface area contributed by atoms with Crippen LogP contribution in [0.4, 0.5) is 17.8 Å². The van der Waals surface area contributed by atoms with Crippen molar-refractivity contribution >= 4 is 17.8 Å². The first-order valence-corrected chi connectivity index (χ1v) is 6.91. The summed E-state index contributed by atoms with van der Waals surface area (Å²) in [6, 6.07) is 1.84. The number of hydrogen-bond acceptors (Lipinski definition) is 8. The second-order valence-electron chi connectivity index (χ2n) is 4.44. The number of anilines is 3. The van der Waals surface area contributed by atoms with Gasteiger partial charge >= 0.3 is 0 Å². The number of aromatic nitrogens is 5. The van der Waals surface area contributed by atoms with Crippen molar-refractivity contribution in [3.05, 3.63) is 23.8 Å². The average molecular weight is 288 g/mol. The molecule has 0 atom stereocenters. The number of rotatable bonds is 6. The number of aryl methyl sites for hydroxylation is 1. The highest BCUT2D eigenvalue weighted by Gasteiger charge is 2.09. The summed E-state index contributed by atoms with van der Waals surface area (Å²) < 4.78 is 0. The maximum atomic E-state index is 5.75. The van der Waals surface area contributed by atoms with Crippen LogP contribution in [0.5, 0.6) is 0 Å². The summed E-state index contributed by atoms with van der Waals surface area (Å²) in [5.74, 6) is 1.95. The molecule has 21 heavy (non-hydrogen) atoms. The molecule has 2 aromatic heterocycles. The molecule has 2 rings (SSSR count). The van der Waals surface area contributed by atoms with E-state index in [0.717, 1.165) is 24.6 Å². The Balaban J connectivity index is 2.13. The summed E-state index contributed by atoms with van der Waals surface area (Å²) in [5.41, 5.74) is 6.61. The van der Waals surface area contributed by atoms with Crippen LogP contribution in [0.1, 0.15) is 25.4 Å². The van der Waals surface area contributed by atoms with Crippen molar-refractivity contribution in [3.63, 3.8) is 0 Å². The Hall–Kier alpha value is -2.51. The van der Waals surface area contributed by atoms with Crippen LogP contribution in [-0.2, 0) is 6.54 Å². The first-order chi connectivity index (χ1) is 10.1. The lowest BCUT2D eigenvalue weighted by molar-refractivity contribution is 0.813. The van der Waals surface area contributed by atoms with E-state index in [0.29, 0.717) is 18.4 Å². The smallest absolute Gasteiger partial charge is 0.231 e. The second kappa shape index (κ2) is 6.78. The van der Waals surface area contributed by atoms with Crippen LogP contribution >= 0.6 is 0 Å². The highest BCUT2D eigenvalue weighted by Crippen LogP contribution is 2.12. The first-order valence-electron chi connectivity index (χ1n) is 6.91. The van der Waals surface area contributed by atoms with E-state index in [1.165, 1.54) is 0 Å². The molecule has 2 aromatic rings. The zero-order valence-electron chi connectivity index (χ0n) is 12.5. The normalized spacial score (nSPS) is 10.4. The van der Waals surface area contributed by atoms with E-state index in [4.69, 9.17) is 5.73 Å². The van der Waals surface area contributed by atoms with Crippen molar-refractivity contribution in [2.75, 3.05) is 29.0 Å². The molecule has 0 aliphatic carbocycles. The highest BCUT2D eigenvalue weighted by molar-refractivity contribution is 5.41. The number of nitrogens with two attached hydrogens (primary N) is 1. The molecule has 0 amide bonds. The monoisotopic (exact) mass is 288 g/mol. The number of nitrogen functional groups attached to an aromatic ring is 1. The van der Waals surface area contributed by atoms with E-state index < -0.39 is 0 Å².